The van der Waals surface area contributed by atoms with Gasteiger partial charge in [0.15, 0.2) is 0 Å². The van der Waals surface area contributed by atoms with Gasteiger partial charge in [-0.3, -0.25) is 9.67 Å². The van der Waals surface area contributed by atoms with E-state index in [0.717, 1.165) is 30.3 Å². The standard InChI is InChI=1S/C28H31FN8O3/c1-17-22(16-33-37(17)20-8-10-35(11-9-20)27(38)40-28(3,4)5)24-12-25-32-15-21(13-30)36(25)26(34-24)39-18(2)23-7-6-19(29)14-31-23/h6-7,12,14-16,18,20H,8-11H2,1-5H3/t18-/m1/s1. The first-order valence-electron chi connectivity index (χ1n) is 13.1. The van der Waals surface area contributed by atoms with Gasteiger partial charge in [0.2, 0.25) is 0 Å². The SMILES string of the molecule is Cc1c(-c2cc3ncc(C#N)n3c(O[C@H](C)c3ccc(F)cn3)n2)cnn1C1CCN(C(=O)OC(C)(C)C)CC1. The first-order chi connectivity index (χ1) is 19.0. The summed E-state index contributed by atoms with van der Waals surface area (Å²) in [6, 6.07) is 7.04. The Bertz CT molecular complexity index is 1570. The number of hydrogen-bond acceptors (Lipinski definition) is 8. The van der Waals surface area contributed by atoms with E-state index < -0.39 is 17.5 Å². The van der Waals surface area contributed by atoms with Gasteiger partial charge in [-0.1, -0.05) is 0 Å². The molecule has 0 spiro atoms. The Balaban J connectivity index is 1.41. The first-order valence-corrected chi connectivity index (χ1v) is 13.1. The summed E-state index contributed by atoms with van der Waals surface area (Å²) in [5.74, 6) is -0.442. The molecule has 4 aromatic rings. The van der Waals surface area contributed by atoms with Crippen molar-refractivity contribution in [2.24, 2.45) is 0 Å². The lowest BCUT2D eigenvalue weighted by molar-refractivity contribution is 0.0184. The molecule has 0 aromatic carbocycles. The number of imidazole rings is 1. The van der Waals surface area contributed by atoms with E-state index in [2.05, 4.69) is 21.1 Å². The smallest absolute Gasteiger partial charge is 0.410 e. The molecule has 0 radical (unpaired) electrons. The molecule has 5 heterocycles. The highest BCUT2D eigenvalue weighted by molar-refractivity contribution is 5.68. The average Bonchev–Trinajstić information content (AvgIpc) is 3.51. The second-order valence-corrected chi connectivity index (χ2v) is 10.8. The normalized spacial score (nSPS) is 15.2. The number of nitrogens with zero attached hydrogens (tertiary/aromatic N) is 8. The Kier molecular flexibility index (Phi) is 7.14. The zero-order valence-corrected chi connectivity index (χ0v) is 23.1. The van der Waals surface area contributed by atoms with Crippen molar-refractivity contribution in [1.82, 2.24) is 34.0 Å². The van der Waals surface area contributed by atoms with Crippen LogP contribution in [-0.4, -0.2) is 58.8 Å². The van der Waals surface area contributed by atoms with Gasteiger partial charge in [-0.05, 0) is 59.6 Å². The van der Waals surface area contributed by atoms with Crippen molar-refractivity contribution in [2.45, 2.75) is 65.2 Å². The fourth-order valence-electron chi connectivity index (χ4n) is 4.78. The highest BCUT2D eigenvalue weighted by Gasteiger charge is 2.29. The molecule has 40 heavy (non-hydrogen) atoms. The molecule has 1 aliphatic heterocycles. The van der Waals surface area contributed by atoms with Crippen molar-refractivity contribution >= 4 is 11.7 Å². The monoisotopic (exact) mass is 546 g/mol. The van der Waals surface area contributed by atoms with Crippen molar-refractivity contribution < 1.29 is 18.7 Å². The number of ether oxygens (including phenoxy) is 2. The van der Waals surface area contributed by atoms with Crippen LogP contribution in [0, 0.1) is 24.1 Å². The van der Waals surface area contributed by atoms with Gasteiger partial charge >= 0.3 is 12.1 Å². The minimum Gasteiger partial charge on any atom is -0.455 e. The van der Waals surface area contributed by atoms with Crippen LogP contribution >= 0.6 is 0 Å². The summed E-state index contributed by atoms with van der Waals surface area (Å²) >= 11 is 0. The van der Waals surface area contributed by atoms with E-state index in [1.807, 2.05) is 32.4 Å². The van der Waals surface area contributed by atoms with Gasteiger partial charge in [-0.25, -0.2) is 18.6 Å². The number of pyridine rings is 1. The molecule has 1 fully saturated rings. The van der Waals surface area contributed by atoms with Crippen LogP contribution in [0.1, 0.15) is 69.8 Å². The maximum Gasteiger partial charge on any atom is 0.410 e. The van der Waals surface area contributed by atoms with Crippen LogP contribution in [0.15, 0.2) is 36.8 Å². The van der Waals surface area contributed by atoms with Crippen molar-refractivity contribution in [3.63, 3.8) is 0 Å². The number of fused-ring (bicyclic) bond motifs is 1. The lowest BCUT2D eigenvalue weighted by Gasteiger charge is -2.33. The summed E-state index contributed by atoms with van der Waals surface area (Å²) in [4.78, 5) is 27.4. The predicted molar refractivity (Wildman–Crippen MR) is 143 cm³/mol. The molecule has 0 saturated carbocycles. The number of carbonyl (C=O) groups is 1. The van der Waals surface area contributed by atoms with E-state index >= 15 is 0 Å². The summed E-state index contributed by atoms with van der Waals surface area (Å²) in [7, 11) is 0. The van der Waals surface area contributed by atoms with Crippen molar-refractivity contribution in [1.29, 1.82) is 5.26 Å². The van der Waals surface area contributed by atoms with Crippen LogP contribution in [0.4, 0.5) is 9.18 Å². The van der Waals surface area contributed by atoms with Gasteiger partial charge in [0.05, 0.1) is 36.0 Å². The van der Waals surface area contributed by atoms with E-state index in [1.54, 1.807) is 30.2 Å². The van der Waals surface area contributed by atoms with E-state index in [1.165, 1.54) is 16.7 Å². The van der Waals surface area contributed by atoms with Gasteiger partial charge in [0, 0.05) is 30.4 Å². The Labute approximate surface area is 231 Å². The topological polar surface area (TPSA) is 123 Å². The number of likely N-dealkylation sites (tertiary alicyclic amines) is 1. The first kappa shape index (κ1) is 27.1. The number of rotatable bonds is 5. The molecule has 1 amide bonds. The molecule has 11 nitrogen and oxygen atoms in total. The molecular formula is C28H31FN8O3. The van der Waals surface area contributed by atoms with Crippen LogP contribution in [0.5, 0.6) is 6.01 Å². The molecule has 0 aliphatic carbocycles. The van der Waals surface area contributed by atoms with Crippen LogP contribution in [-0.2, 0) is 4.74 Å². The molecule has 4 aromatic heterocycles. The summed E-state index contributed by atoms with van der Waals surface area (Å²) in [6.45, 7) is 10.5. The van der Waals surface area contributed by atoms with Crippen LogP contribution < -0.4 is 4.74 Å². The summed E-state index contributed by atoms with van der Waals surface area (Å²) in [5, 5.41) is 14.3. The van der Waals surface area contributed by atoms with Crippen LogP contribution in [0.3, 0.4) is 0 Å². The molecule has 208 valence electrons. The number of aromatic nitrogens is 6. The predicted octanol–water partition coefficient (Wildman–Crippen LogP) is 5.02. The minimum atomic E-state index is -0.570. The largest absolute Gasteiger partial charge is 0.455 e. The molecule has 0 N–H and O–H groups in total. The molecule has 1 aliphatic rings. The third-order valence-electron chi connectivity index (χ3n) is 6.81. The lowest BCUT2D eigenvalue weighted by Crippen LogP contribution is -2.42. The van der Waals surface area contributed by atoms with Crippen LogP contribution in [0.2, 0.25) is 0 Å². The third kappa shape index (κ3) is 5.45. The molecular weight excluding hydrogens is 515 g/mol. The number of nitriles is 1. The van der Waals surface area contributed by atoms with Crippen LogP contribution in [0.25, 0.3) is 16.9 Å². The molecule has 5 rings (SSSR count). The van der Waals surface area contributed by atoms with Crippen molar-refractivity contribution in [3.05, 3.63) is 59.7 Å². The van der Waals surface area contributed by atoms with E-state index in [-0.39, 0.29) is 23.8 Å². The van der Waals surface area contributed by atoms with Crippen molar-refractivity contribution in [3.8, 4) is 23.3 Å². The number of hydrogen-bond donors (Lipinski definition) is 0. The number of carbonyl (C=O) groups excluding carboxylic acids is 1. The quantitative estimate of drug-likeness (QED) is 0.342. The van der Waals surface area contributed by atoms with Gasteiger partial charge in [0.1, 0.15) is 34.9 Å². The highest BCUT2D eigenvalue weighted by Crippen LogP contribution is 2.32. The summed E-state index contributed by atoms with van der Waals surface area (Å²) in [5.41, 5.74) is 3.05. The number of amides is 1. The minimum absolute atomic E-state index is 0.119. The highest BCUT2D eigenvalue weighted by atomic mass is 19.1. The fraction of sp³-hybridized carbons (Fsp3) is 0.429. The second kappa shape index (κ2) is 10.6. The fourth-order valence-corrected chi connectivity index (χ4v) is 4.78. The third-order valence-corrected chi connectivity index (χ3v) is 6.81. The Morgan fingerprint density at radius 1 is 1.18 bits per heavy atom. The molecule has 1 atom stereocenters. The van der Waals surface area contributed by atoms with Crippen molar-refractivity contribution in [2.75, 3.05) is 13.1 Å². The molecule has 1 saturated heterocycles. The Hall–Kier alpha value is -4.53. The van der Waals surface area contributed by atoms with E-state index in [4.69, 9.17) is 14.5 Å². The maximum atomic E-state index is 13.4. The Morgan fingerprint density at radius 3 is 2.58 bits per heavy atom. The number of halogens is 1. The van der Waals surface area contributed by atoms with Gasteiger partial charge in [-0.2, -0.15) is 15.3 Å². The van der Waals surface area contributed by atoms with Gasteiger partial charge < -0.3 is 14.4 Å². The summed E-state index contributed by atoms with van der Waals surface area (Å²) < 4.78 is 28.6. The van der Waals surface area contributed by atoms with Gasteiger partial charge in [0.25, 0.3) is 0 Å². The Morgan fingerprint density at radius 2 is 1.93 bits per heavy atom. The van der Waals surface area contributed by atoms with E-state index in [0.29, 0.717) is 30.1 Å². The second-order valence-electron chi connectivity index (χ2n) is 10.8. The maximum absolute atomic E-state index is 13.4. The lowest BCUT2D eigenvalue weighted by atomic mass is 10.0. The zero-order chi connectivity index (χ0) is 28.6. The molecule has 0 bridgehead atoms. The van der Waals surface area contributed by atoms with Gasteiger partial charge in [-0.15, -0.1) is 0 Å². The molecule has 0 unspecified atom stereocenters. The molecule has 12 heteroatoms. The number of piperidine rings is 1. The summed E-state index contributed by atoms with van der Waals surface area (Å²) in [6.07, 6.45) is 4.98. The van der Waals surface area contributed by atoms with E-state index in [9.17, 15) is 14.4 Å². The average molecular weight is 547 g/mol. The zero-order valence-electron chi connectivity index (χ0n) is 23.1.